The summed E-state index contributed by atoms with van der Waals surface area (Å²) in [6, 6.07) is 2.14. The van der Waals surface area contributed by atoms with E-state index in [9.17, 15) is 0 Å². The van der Waals surface area contributed by atoms with Gasteiger partial charge in [0.1, 0.15) is 5.82 Å². The summed E-state index contributed by atoms with van der Waals surface area (Å²) in [5.74, 6) is 0.696. The molecule has 0 bridgehead atoms. The summed E-state index contributed by atoms with van der Waals surface area (Å²) in [4.78, 5) is 0. The lowest BCUT2D eigenvalue weighted by Crippen LogP contribution is -2.13. The zero-order valence-electron chi connectivity index (χ0n) is 7.13. The molecule has 4 heteroatoms. The van der Waals surface area contributed by atoms with Gasteiger partial charge < -0.3 is 11.1 Å². The van der Waals surface area contributed by atoms with E-state index >= 15 is 0 Å². The Kier molecular flexibility index (Phi) is 2.14. The lowest BCUT2D eigenvalue weighted by Gasteiger charge is -2.04. The lowest BCUT2D eigenvalue weighted by molar-refractivity contribution is 0.612. The summed E-state index contributed by atoms with van der Waals surface area (Å²) >= 11 is 0. The van der Waals surface area contributed by atoms with Crippen molar-refractivity contribution >= 4 is 5.82 Å². The minimum Gasteiger partial charge on any atom is -0.384 e. The molecule has 0 fully saturated rings. The predicted molar refractivity (Wildman–Crippen MR) is 45.1 cm³/mol. The Labute approximate surface area is 66.4 Å². The van der Waals surface area contributed by atoms with Crippen molar-refractivity contribution in [1.29, 1.82) is 0 Å². The molecule has 0 amide bonds. The zero-order chi connectivity index (χ0) is 8.43. The van der Waals surface area contributed by atoms with Crippen molar-refractivity contribution in [3.05, 3.63) is 11.8 Å². The van der Waals surface area contributed by atoms with Crippen LogP contribution in [0, 0.1) is 0 Å². The number of nitrogens with two attached hydrogens (primary N) is 1. The maximum atomic E-state index is 5.61. The second-order valence-electron chi connectivity index (χ2n) is 2.63. The Bertz CT molecular complexity index is 221. The lowest BCUT2D eigenvalue weighted by atomic mass is 10.2. The fourth-order valence-corrected chi connectivity index (χ4v) is 0.864. The van der Waals surface area contributed by atoms with Crippen LogP contribution in [0.3, 0.4) is 0 Å². The number of rotatable bonds is 2. The molecule has 62 valence electrons. The van der Waals surface area contributed by atoms with Crippen LogP contribution in [0.5, 0.6) is 0 Å². The van der Waals surface area contributed by atoms with E-state index < -0.39 is 0 Å². The van der Waals surface area contributed by atoms with Crippen LogP contribution in [0.4, 0.5) is 5.82 Å². The van der Waals surface area contributed by atoms with Crippen LogP contribution in [0.15, 0.2) is 6.07 Å². The van der Waals surface area contributed by atoms with Crippen molar-refractivity contribution in [2.75, 3.05) is 12.8 Å². The Hall–Kier alpha value is -1.03. The Balaban J connectivity index is 2.88. The quantitative estimate of drug-likeness (QED) is 0.643. The smallest absolute Gasteiger partial charge is 0.121 e. The average molecular weight is 154 g/mol. The number of aromatic nitrogens is 2. The van der Waals surface area contributed by atoms with E-state index in [0.717, 1.165) is 5.69 Å². The summed E-state index contributed by atoms with van der Waals surface area (Å²) in [6.45, 7) is 2.04. The molecule has 11 heavy (non-hydrogen) atoms. The SMILES string of the molecule is CNC(C)c1cc(N)n(C)n1. The van der Waals surface area contributed by atoms with Crippen molar-refractivity contribution in [3.63, 3.8) is 0 Å². The number of nitrogen functional groups attached to an aromatic ring is 1. The topological polar surface area (TPSA) is 55.9 Å². The minimum absolute atomic E-state index is 0.262. The number of nitrogens with zero attached hydrogens (tertiary/aromatic N) is 2. The maximum Gasteiger partial charge on any atom is 0.121 e. The zero-order valence-corrected chi connectivity index (χ0v) is 7.13. The van der Waals surface area contributed by atoms with Crippen molar-refractivity contribution in [1.82, 2.24) is 15.1 Å². The third-order valence-electron chi connectivity index (χ3n) is 1.81. The third kappa shape index (κ3) is 1.51. The van der Waals surface area contributed by atoms with Crippen molar-refractivity contribution in [3.8, 4) is 0 Å². The van der Waals surface area contributed by atoms with Crippen LogP contribution in [0.25, 0.3) is 0 Å². The Morgan fingerprint density at radius 1 is 1.73 bits per heavy atom. The van der Waals surface area contributed by atoms with Crippen molar-refractivity contribution in [2.24, 2.45) is 7.05 Å². The summed E-state index contributed by atoms with van der Waals surface area (Å²) < 4.78 is 1.67. The molecule has 3 N–H and O–H groups in total. The first-order chi connectivity index (χ1) is 5.15. The molecule has 1 rings (SSSR count). The molecular formula is C7H14N4. The summed E-state index contributed by atoms with van der Waals surface area (Å²) in [7, 11) is 3.73. The molecule has 1 atom stereocenters. The highest BCUT2D eigenvalue weighted by Crippen LogP contribution is 2.11. The molecule has 0 aromatic carbocycles. The van der Waals surface area contributed by atoms with Gasteiger partial charge in [0.15, 0.2) is 0 Å². The standard InChI is InChI=1S/C7H14N4/c1-5(9-2)6-4-7(8)11(3)10-6/h4-5,9H,8H2,1-3H3. The molecule has 4 nitrogen and oxygen atoms in total. The van der Waals surface area contributed by atoms with Gasteiger partial charge >= 0.3 is 0 Å². The largest absolute Gasteiger partial charge is 0.384 e. The summed E-state index contributed by atoms with van der Waals surface area (Å²) in [6.07, 6.45) is 0. The fourth-order valence-electron chi connectivity index (χ4n) is 0.864. The van der Waals surface area contributed by atoms with E-state index in [2.05, 4.69) is 10.4 Å². The highest BCUT2D eigenvalue weighted by Gasteiger charge is 2.07. The molecule has 1 aromatic heterocycles. The Morgan fingerprint density at radius 3 is 2.73 bits per heavy atom. The molecule has 0 saturated heterocycles. The minimum atomic E-state index is 0.262. The first kappa shape index (κ1) is 8.07. The van der Waals surface area contributed by atoms with E-state index in [1.165, 1.54) is 0 Å². The normalized spacial score (nSPS) is 13.4. The fraction of sp³-hybridized carbons (Fsp3) is 0.571. The van der Waals surface area contributed by atoms with Crippen LogP contribution in [0.1, 0.15) is 18.7 Å². The van der Waals surface area contributed by atoms with E-state index in [1.807, 2.05) is 27.1 Å². The molecule has 0 saturated carbocycles. The highest BCUT2D eigenvalue weighted by molar-refractivity contribution is 5.31. The molecular weight excluding hydrogens is 140 g/mol. The van der Waals surface area contributed by atoms with Crippen LogP contribution in [-0.4, -0.2) is 16.8 Å². The highest BCUT2D eigenvalue weighted by atomic mass is 15.3. The van der Waals surface area contributed by atoms with Gasteiger partial charge in [-0.25, -0.2) is 0 Å². The second kappa shape index (κ2) is 2.92. The van der Waals surface area contributed by atoms with Crippen LogP contribution in [0.2, 0.25) is 0 Å². The van der Waals surface area contributed by atoms with Crippen LogP contribution in [-0.2, 0) is 7.05 Å². The number of anilines is 1. The van der Waals surface area contributed by atoms with Gasteiger partial charge in [-0.1, -0.05) is 0 Å². The molecule has 1 heterocycles. The van der Waals surface area contributed by atoms with E-state index in [1.54, 1.807) is 4.68 Å². The van der Waals surface area contributed by atoms with Gasteiger partial charge in [-0.15, -0.1) is 0 Å². The number of nitrogens with one attached hydrogen (secondary N) is 1. The average Bonchev–Trinajstić information content (AvgIpc) is 2.31. The molecule has 1 aromatic rings. The molecule has 0 aliphatic rings. The van der Waals surface area contributed by atoms with Crippen molar-refractivity contribution in [2.45, 2.75) is 13.0 Å². The molecule has 0 aliphatic carbocycles. The predicted octanol–water partition coefficient (Wildman–Crippen LogP) is 0.283. The van der Waals surface area contributed by atoms with E-state index in [-0.39, 0.29) is 6.04 Å². The molecule has 0 radical (unpaired) electrons. The first-order valence-corrected chi connectivity index (χ1v) is 3.62. The number of aryl methyl sites for hydroxylation is 1. The first-order valence-electron chi connectivity index (χ1n) is 3.62. The van der Waals surface area contributed by atoms with Crippen LogP contribution >= 0.6 is 0 Å². The van der Waals surface area contributed by atoms with Gasteiger partial charge in [0.05, 0.1) is 5.69 Å². The van der Waals surface area contributed by atoms with Gasteiger partial charge in [0, 0.05) is 19.2 Å². The van der Waals surface area contributed by atoms with Gasteiger partial charge in [-0.05, 0) is 14.0 Å². The van der Waals surface area contributed by atoms with Gasteiger partial charge in [-0.2, -0.15) is 5.10 Å². The summed E-state index contributed by atoms with van der Waals surface area (Å²) in [5.41, 5.74) is 6.58. The van der Waals surface area contributed by atoms with Crippen LogP contribution < -0.4 is 11.1 Å². The van der Waals surface area contributed by atoms with Crippen molar-refractivity contribution < 1.29 is 0 Å². The van der Waals surface area contributed by atoms with E-state index in [0.29, 0.717) is 5.82 Å². The number of hydrogen-bond acceptors (Lipinski definition) is 3. The van der Waals surface area contributed by atoms with Gasteiger partial charge in [-0.3, -0.25) is 4.68 Å². The second-order valence-corrected chi connectivity index (χ2v) is 2.63. The third-order valence-corrected chi connectivity index (χ3v) is 1.81. The van der Waals surface area contributed by atoms with Gasteiger partial charge in [0.2, 0.25) is 0 Å². The van der Waals surface area contributed by atoms with Gasteiger partial charge in [0.25, 0.3) is 0 Å². The molecule has 1 unspecified atom stereocenters. The molecule has 0 aliphatic heterocycles. The monoisotopic (exact) mass is 154 g/mol. The maximum absolute atomic E-state index is 5.61. The van der Waals surface area contributed by atoms with E-state index in [4.69, 9.17) is 5.73 Å². The number of hydrogen-bond donors (Lipinski definition) is 2. The molecule has 0 spiro atoms. The Morgan fingerprint density at radius 2 is 2.36 bits per heavy atom. The summed E-state index contributed by atoms with van der Waals surface area (Å²) in [5, 5.41) is 7.30.